The van der Waals surface area contributed by atoms with Gasteiger partial charge in [-0.15, -0.1) is 0 Å². The fourth-order valence-electron chi connectivity index (χ4n) is 2.43. The molecule has 24 heavy (non-hydrogen) atoms. The fourth-order valence-corrected chi connectivity index (χ4v) is 3.63. The number of rotatable bonds is 5. The van der Waals surface area contributed by atoms with Crippen LogP contribution in [0.15, 0.2) is 53.5 Å². The Morgan fingerprint density at radius 3 is 2.71 bits per heavy atom. The van der Waals surface area contributed by atoms with Crippen LogP contribution in [0.25, 0.3) is 10.2 Å². The summed E-state index contributed by atoms with van der Waals surface area (Å²) in [6.07, 6.45) is 0.260. The van der Waals surface area contributed by atoms with E-state index in [1.54, 1.807) is 19.2 Å². The third-order valence-electron chi connectivity index (χ3n) is 3.60. The van der Waals surface area contributed by atoms with Gasteiger partial charge in [-0.1, -0.05) is 47.2 Å². The highest BCUT2D eigenvalue weighted by atomic mass is 35.5. The molecule has 124 valence electrons. The van der Waals surface area contributed by atoms with Gasteiger partial charge in [-0.2, -0.15) is 4.99 Å². The van der Waals surface area contributed by atoms with Crippen molar-refractivity contribution in [1.29, 1.82) is 0 Å². The second kappa shape index (κ2) is 7.75. The van der Waals surface area contributed by atoms with Gasteiger partial charge in [0.1, 0.15) is 0 Å². The van der Waals surface area contributed by atoms with E-state index in [1.165, 1.54) is 11.3 Å². The van der Waals surface area contributed by atoms with Crippen LogP contribution in [0.2, 0.25) is 5.02 Å². The summed E-state index contributed by atoms with van der Waals surface area (Å²) in [6, 6.07) is 15.3. The summed E-state index contributed by atoms with van der Waals surface area (Å²) in [6.45, 7) is 1.23. The zero-order valence-corrected chi connectivity index (χ0v) is 14.8. The molecule has 0 bridgehead atoms. The number of para-hydroxylation sites is 1. The molecular weight excluding hydrogens is 344 g/mol. The van der Waals surface area contributed by atoms with E-state index in [4.69, 9.17) is 16.3 Å². The van der Waals surface area contributed by atoms with Gasteiger partial charge in [-0.05, 0) is 29.8 Å². The van der Waals surface area contributed by atoms with Crippen LogP contribution in [0.5, 0.6) is 0 Å². The molecule has 0 spiro atoms. The summed E-state index contributed by atoms with van der Waals surface area (Å²) >= 11 is 7.39. The number of carbonyl (C=O) groups is 1. The number of thiazole rings is 1. The molecule has 1 heterocycles. The van der Waals surface area contributed by atoms with E-state index < -0.39 is 0 Å². The SMILES string of the molecule is COCCn1c(=NC(=O)Cc2ccc(Cl)cc2)sc2ccccc21. The van der Waals surface area contributed by atoms with Gasteiger partial charge in [0, 0.05) is 18.7 Å². The number of benzene rings is 2. The van der Waals surface area contributed by atoms with Crippen LogP contribution in [0.3, 0.4) is 0 Å². The Kier molecular flexibility index (Phi) is 5.45. The highest BCUT2D eigenvalue weighted by molar-refractivity contribution is 7.16. The summed E-state index contributed by atoms with van der Waals surface area (Å²) in [4.78, 5) is 17.4. The maximum absolute atomic E-state index is 12.3. The van der Waals surface area contributed by atoms with Crippen molar-refractivity contribution < 1.29 is 9.53 Å². The number of carbonyl (C=O) groups excluding carboxylic acids is 1. The molecule has 3 rings (SSSR count). The topological polar surface area (TPSA) is 43.6 Å². The number of hydrogen-bond donors (Lipinski definition) is 0. The molecule has 0 aliphatic carbocycles. The van der Waals surface area contributed by atoms with Gasteiger partial charge in [-0.3, -0.25) is 4.79 Å². The number of ether oxygens (including phenoxy) is 1. The zero-order valence-electron chi connectivity index (χ0n) is 13.2. The molecule has 1 amide bonds. The summed E-state index contributed by atoms with van der Waals surface area (Å²) in [7, 11) is 1.66. The summed E-state index contributed by atoms with van der Waals surface area (Å²) < 4.78 is 8.31. The number of nitrogens with zero attached hydrogens (tertiary/aromatic N) is 2. The number of hydrogen-bond acceptors (Lipinski definition) is 3. The standard InChI is InChI=1S/C18H17ClN2O2S/c1-23-11-10-21-15-4-2-3-5-16(15)24-18(21)20-17(22)12-13-6-8-14(19)9-7-13/h2-9H,10-12H2,1H3. The fraction of sp³-hybridized carbons (Fsp3) is 0.222. The van der Waals surface area contributed by atoms with Gasteiger partial charge in [0.25, 0.3) is 5.91 Å². The van der Waals surface area contributed by atoms with Gasteiger partial charge in [0.15, 0.2) is 4.80 Å². The van der Waals surface area contributed by atoms with Crippen molar-refractivity contribution in [1.82, 2.24) is 4.57 Å². The van der Waals surface area contributed by atoms with Crippen LogP contribution in [0.1, 0.15) is 5.56 Å². The lowest BCUT2D eigenvalue weighted by molar-refractivity contribution is -0.117. The Labute approximate surface area is 149 Å². The Morgan fingerprint density at radius 1 is 1.21 bits per heavy atom. The molecule has 0 aliphatic rings. The Balaban J connectivity index is 1.93. The third kappa shape index (κ3) is 3.93. The van der Waals surface area contributed by atoms with Crippen LogP contribution in [0, 0.1) is 0 Å². The molecule has 0 atom stereocenters. The molecule has 3 aromatic rings. The number of amides is 1. The minimum Gasteiger partial charge on any atom is -0.383 e. The minimum absolute atomic E-state index is 0.171. The van der Waals surface area contributed by atoms with E-state index in [0.29, 0.717) is 23.0 Å². The smallest absolute Gasteiger partial charge is 0.252 e. The molecule has 0 N–H and O–H groups in total. The van der Waals surface area contributed by atoms with E-state index in [1.807, 2.05) is 41.0 Å². The first kappa shape index (κ1) is 16.9. The molecule has 4 nitrogen and oxygen atoms in total. The molecule has 6 heteroatoms. The highest BCUT2D eigenvalue weighted by Crippen LogP contribution is 2.16. The molecule has 0 saturated carbocycles. The third-order valence-corrected chi connectivity index (χ3v) is 4.91. The predicted octanol–water partition coefficient (Wildman–Crippen LogP) is 3.67. The minimum atomic E-state index is -0.171. The van der Waals surface area contributed by atoms with Gasteiger partial charge in [0.2, 0.25) is 0 Å². The van der Waals surface area contributed by atoms with Gasteiger partial charge >= 0.3 is 0 Å². The van der Waals surface area contributed by atoms with Crippen molar-refractivity contribution in [3.05, 3.63) is 63.9 Å². The van der Waals surface area contributed by atoms with E-state index in [0.717, 1.165) is 15.8 Å². The van der Waals surface area contributed by atoms with E-state index in [9.17, 15) is 4.79 Å². The van der Waals surface area contributed by atoms with E-state index in [2.05, 4.69) is 4.99 Å². The van der Waals surface area contributed by atoms with Crippen molar-refractivity contribution >= 4 is 39.1 Å². The largest absolute Gasteiger partial charge is 0.383 e. The number of methoxy groups -OCH3 is 1. The quantitative estimate of drug-likeness (QED) is 0.696. The van der Waals surface area contributed by atoms with Gasteiger partial charge in [-0.25, -0.2) is 0 Å². The normalized spacial score (nSPS) is 12.0. The van der Waals surface area contributed by atoms with Crippen molar-refractivity contribution in [3.63, 3.8) is 0 Å². The summed E-state index contributed by atoms with van der Waals surface area (Å²) in [5.74, 6) is -0.171. The van der Waals surface area contributed by atoms with Crippen LogP contribution in [0.4, 0.5) is 0 Å². The van der Waals surface area contributed by atoms with Gasteiger partial charge in [0.05, 0.1) is 23.2 Å². The molecule has 0 unspecified atom stereocenters. The molecular formula is C18H17ClN2O2S. The summed E-state index contributed by atoms with van der Waals surface area (Å²) in [5.41, 5.74) is 1.97. The van der Waals surface area contributed by atoms with Crippen molar-refractivity contribution in [2.24, 2.45) is 4.99 Å². The van der Waals surface area contributed by atoms with E-state index >= 15 is 0 Å². The van der Waals surface area contributed by atoms with Crippen LogP contribution >= 0.6 is 22.9 Å². The number of halogens is 1. The average Bonchev–Trinajstić information content (AvgIpc) is 2.92. The maximum atomic E-state index is 12.3. The lowest BCUT2D eigenvalue weighted by Crippen LogP contribution is -2.19. The summed E-state index contributed by atoms with van der Waals surface area (Å²) in [5, 5.41) is 0.657. The molecule has 1 aromatic heterocycles. The lowest BCUT2D eigenvalue weighted by atomic mass is 10.1. The molecule has 0 radical (unpaired) electrons. The second-order valence-electron chi connectivity index (χ2n) is 5.31. The maximum Gasteiger partial charge on any atom is 0.252 e. The Morgan fingerprint density at radius 2 is 1.96 bits per heavy atom. The second-order valence-corrected chi connectivity index (χ2v) is 6.75. The van der Waals surface area contributed by atoms with Crippen LogP contribution < -0.4 is 4.80 Å². The average molecular weight is 361 g/mol. The van der Waals surface area contributed by atoms with E-state index in [-0.39, 0.29) is 12.3 Å². The predicted molar refractivity (Wildman–Crippen MR) is 97.4 cm³/mol. The monoisotopic (exact) mass is 360 g/mol. The first-order valence-electron chi connectivity index (χ1n) is 7.56. The Bertz CT molecular complexity index is 913. The Hall–Kier alpha value is -1.95. The van der Waals surface area contributed by atoms with Crippen molar-refractivity contribution in [3.8, 4) is 0 Å². The number of fused-ring (bicyclic) bond motifs is 1. The first-order chi connectivity index (χ1) is 11.7. The molecule has 0 saturated heterocycles. The molecule has 0 aliphatic heterocycles. The van der Waals surface area contributed by atoms with Crippen molar-refractivity contribution in [2.75, 3.05) is 13.7 Å². The zero-order chi connectivity index (χ0) is 16.9. The van der Waals surface area contributed by atoms with Crippen LogP contribution in [-0.2, 0) is 22.5 Å². The highest BCUT2D eigenvalue weighted by Gasteiger charge is 2.08. The van der Waals surface area contributed by atoms with Crippen molar-refractivity contribution in [2.45, 2.75) is 13.0 Å². The number of aromatic nitrogens is 1. The molecule has 0 fully saturated rings. The van der Waals surface area contributed by atoms with Gasteiger partial charge < -0.3 is 9.30 Å². The lowest BCUT2D eigenvalue weighted by Gasteiger charge is -2.04. The molecule has 2 aromatic carbocycles. The van der Waals surface area contributed by atoms with Crippen LogP contribution in [-0.4, -0.2) is 24.2 Å². The first-order valence-corrected chi connectivity index (χ1v) is 8.76.